The second kappa shape index (κ2) is 7.12. The number of hydrogen-bond acceptors (Lipinski definition) is 3. The minimum atomic E-state index is 0.746. The molecule has 2 nitrogen and oxygen atoms in total. The van der Waals surface area contributed by atoms with E-state index in [0.29, 0.717) is 0 Å². The van der Waals surface area contributed by atoms with Gasteiger partial charge >= 0.3 is 0 Å². The molecule has 0 spiro atoms. The third-order valence-corrected chi connectivity index (χ3v) is 4.64. The Hall–Kier alpha value is -0.410. The second-order valence-corrected chi connectivity index (χ2v) is 5.89. The lowest BCUT2D eigenvalue weighted by Crippen LogP contribution is -2.12. The maximum absolute atomic E-state index is 4.80. The summed E-state index contributed by atoms with van der Waals surface area (Å²) in [5.41, 5.74) is 1.23. The van der Waals surface area contributed by atoms with Crippen LogP contribution in [0.5, 0.6) is 0 Å². The molecular formula is C14H24N2S. The molecule has 0 amide bonds. The SMILES string of the molecule is CCNCc1csc(C2CCCCCCC2)n1. The van der Waals surface area contributed by atoms with Crippen LogP contribution in [0.2, 0.25) is 0 Å². The molecule has 17 heavy (non-hydrogen) atoms. The summed E-state index contributed by atoms with van der Waals surface area (Å²) in [4.78, 5) is 4.80. The van der Waals surface area contributed by atoms with Crippen molar-refractivity contribution in [2.45, 2.75) is 64.3 Å². The van der Waals surface area contributed by atoms with Crippen molar-refractivity contribution in [3.63, 3.8) is 0 Å². The van der Waals surface area contributed by atoms with Gasteiger partial charge in [0.2, 0.25) is 0 Å². The lowest BCUT2D eigenvalue weighted by atomic mass is 9.92. The van der Waals surface area contributed by atoms with Gasteiger partial charge in [0.15, 0.2) is 0 Å². The zero-order valence-electron chi connectivity index (χ0n) is 10.9. The zero-order valence-corrected chi connectivity index (χ0v) is 11.7. The molecule has 0 saturated heterocycles. The number of aromatic nitrogens is 1. The monoisotopic (exact) mass is 252 g/mol. The fraction of sp³-hybridized carbons (Fsp3) is 0.786. The van der Waals surface area contributed by atoms with E-state index in [0.717, 1.165) is 19.0 Å². The minimum absolute atomic E-state index is 0.746. The van der Waals surface area contributed by atoms with E-state index in [1.807, 2.05) is 11.3 Å². The Morgan fingerprint density at radius 3 is 2.65 bits per heavy atom. The molecule has 3 heteroatoms. The van der Waals surface area contributed by atoms with Gasteiger partial charge in [-0.3, -0.25) is 0 Å². The zero-order chi connectivity index (χ0) is 11.9. The highest BCUT2D eigenvalue weighted by Crippen LogP contribution is 2.32. The maximum atomic E-state index is 4.80. The average molecular weight is 252 g/mol. The summed E-state index contributed by atoms with van der Waals surface area (Å²) in [6.45, 7) is 4.10. The summed E-state index contributed by atoms with van der Waals surface area (Å²) in [7, 11) is 0. The maximum Gasteiger partial charge on any atom is 0.0959 e. The van der Waals surface area contributed by atoms with Crippen LogP contribution in [0.4, 0.5) is 0 Å². The van der Waals surface area contributed by atoms with E-state index in [-0.39, 0.29) is 0 Å². The van der Waals surface area contributed by atoms with Gasteiger partial charge in [-0.25, -0.2) is 4.98 Å². The number of hydrogen-bond donors (Lipinski definition) is 1. The van der Waals surface area contributed by atoms with Crippen LogP contribution < -0.4 is 5.32 Å². The Bertz CT molecular complexity index is 314. The van der Waals surface area contributed by atoms with E-state index in [1.54, 1.807) is 0 Å². The molecule has 0 atom stereocenters. The van der Waals surface area contributed by atoms with Crippen molar-refractivity contribution < 1.29 is 0 Å². The Morgan fingerprint density at radius 1 is 1.24 bits per heavy atom. The molecule has 0 aliphatic heterocycles. The number of thiazole rings is 1. The third kappa shape index (κ3) is 4.07. The first kappa shape index (κ1) is 13.0. The highest BCUT2D eigenvalue weighted by atomic mass is 32.1. The topological polar surface area (TPSA) is 24.9 Å². The molecule has 1 aliphatic carbocycles. The first-order valence-corrected chi connectivity index (χ1v) is 7.93. The van der Waals surface area contributed by atoms with Crippen LogP contribution in [0.3, 0.4) is 0 Å². The summed E-state index contributed by atoms with van der Waals surface area (Å²) in [5.74, 6) is 0.746. The number of nitrogens with one attached hydrogen (secondary N) is 1. The normalized spacial score (nSPS) is 18.9. The Kier molecular flexibility index (Phi) is 5.46. The summed E-state index contributed by atoms with van der Waals surface area (Å²) in [5, 5.41) is 6.97. The van der Waals surface area contributed by atoms with Gasteiger partial charge in [0.1, 0.15) is 0 Å². The highest BCUT2D eigenvalue weighted by Gasteiger charge is 2.16. The summed E-state index contributed by atoms with van der Waals surface area (Å²) in [6.07, 6.45) is 9.79. The van der Waals surface area contributed by atoms with Gasteiger partial charge in [-0.15, -0.1) is 11.3 Å². The first-order chi connectivity index (χ1) is 8.40. The molecular weight excluding hydrogens is 228 g/mol. The Balaban J connectivity index is 1.92. The molecule has 1 aromatic heterocycles. The molecule has 1 aliphatic rings. The smallest absolute Gasteiger partial charge is 0.0959 e. The average Bonchev–Trinajstić information content (AvgIpc) is 2.74. The van der Waals surface area contributed by atoms with Crippen molar-refractivity contribution in [1.82, 2.24) is 10.3 Å². The molecule has 0 radical (unpaired) electrons. The van der Waals surface area contributed by atoms with E-state index in [4.69, 9.17) is 4.98 Å². The predicted octanol–water partition coefficient (Wildman–Crippen LogP) is 4.08. The molecule has 1 saturated carbocycles. The van der Waals surface area contributed by atoms with Crippen LogP contribution in [-0.4, -0.2) is 11.5 Å². The number of rotatable bonds is 4. The molecule has 0 bridgehead atoms. The second-order valence-electron chi connectivity index (χ2n) is 5.00. The summed E-state index contributed by atoms with van der Waals surface area (Å²) in [6, 6.07) is 0. The van der Waals surface area contributed by atoms with Crippen molar-refractivity contribution in [1.29, 1.82) is 0 Å². The third-order valence-electron chi connectivity index (χ3n) is 3.58. The predicted molar refractivity (Wildman–Crippen MR) is 74.6 cm³/mol. The van der Waals surface area contributed by atoms with Crippen molar-refractivity contribution in [3.8, 4) is 0 Å². The summed E-state index contributed by atoms with van der Waals surface area (Å²) >= 11 is 1.87. The van der Waals surface area contributed by atoms with Gasteiger partial charge in [0.05, 0.1) is 10.7 Å². The molecule has 1 heterocycles. The fourth-order valence-electron chi connectivity index (χ4n) is 2.55. The quantitative estimate of drug-likeness (QED) is 0.873. The largest absolute Gasteiger partial charge is 0.311 e. The standard InChI is InChI=1S/C14H24N2S/c1-2-15-10-13-11-17-14(16-13)12-8-6-4-3-5-7-9-12/h11-12,15H,2-10H2,1H3. The van der Waals surface area contributed by atoms with Gasteiger partial charge < -0.3 is 5.32 Å². The first-order valence-electron chi connectivity index (χ1n) is 7.05. The van der Waals surface area contributed by atoms with E-state index in [1.165, 1.54) is 55.6 Å². The highest BCUT2D eigenvalue weighted by molar-refractivity contribution is 7.09. The van der Waals surface area contributed by atoms with Crippen molar-refractivity contribution in [2.75, 3.05) is 6.54 Å². The van der Waals surface area contributed by atoms with E-state index in [9.17, 15) is 0 Å². The molecule has 1 fully saturated rings. The molecule has 96 valence electrons. The van der Waals surface area contributed by atoms with Crippen molar-refractivity contribution >= 4 is 11.3 Å². The van der Waals surface area contributed by atoms with Crippen molar-refractivity contribution in [3.05, 3.63) is 16.1 Å². The van der Waals surface area contributed by atoms with Gasteiger partial charge in [0, 0.05) is 17.8 Å². The van der Waals surface area contributed by atoms with Gasteiger partial charge in [-0.05, 0) is 19.4 Å². The van der Waals surface area contributed by atoms with E-state index >= 15 is 0 Å². The fourth-order valence-corrected chi connectivity index (χ4v) is 3.54. The van der Waals surface area contributed by atoms with Crippen LogP contribution >= 0.6 is 11.3 Å². The van der Waals surface area contributed by atoms with Gasteiger partial charge in [0.25, 0.3) is 0 Å². The van der Waals surface area contributed by atoms with Crippen LogP contribution in [0.25, 0.3) is 0 Å². The summed E-state index contributed by atoms with van der Waals surface area (Å²) < 4.78 is 0. The van der Waals surface area contributed by atoms with Crippen molar-refractivity contribution in [2.24, 2.45) is 0 Å². The van der Waals surface area contributed by atoms with Crippen LogP contribution in [-0.2, 0) is 6.54 Å². The molecule has 0 unspecified atom stereocenters. The lowest BCUT2D eigenvalue weighted by Gasteiger charge is -2.17. The Morgan fingerprint density at radius 2 is 1.94 bits per heavy atom. The Labute approximate surface area is 109 Å². The van der Waals surface area contributed by atoms with Gasteiger partial charge in [-0.1, -0.05) is 39.0 Å². The van der Waals surface area contributed by atoms with Crippen LogP contribution in [0.1, 0.15) is 68.5 Å². The van der Waals surface area contributed by atoms with Crippen LogP contribution in [0, 0.1) is 0 Å². The van der Waals surface area contributed by atoms with E-state index < -0.39 is 0 Å². The molecule has 1 aromatic rings. The van der Waals surface area contributed by atoms with Gasteiger partial charge in [-0.2, -0.15) is 0 Å². The molecule has 2 rings (SSSR count). The molecule has 1 N–H and O–H groups in total. The van der Waals surface area contributed by atoms with E-state index in [2.05, 4.69) is 17.6 Å². The minimum Gasteiger partial charge on any atom is -0.311 e. The van der Waals surface area contributed by atoms with Crippen LogP contribution in [0.15, 0.2) is 5.38 Å². The molecule has 0 aromatic carbocycles. The number of nitrogens with zero attached hydrogens (tertiary/aromatic N) is 1. The lowest BCUT2D eigenvalue weighted by molar-refractivity contribution is 0.454.